The van der Waals surface area contributed by atoms with Gasteiger partial charge in [0.25, 0.3) is 0 Å². The van der Waals surface area contributed by atoms with E-state index >= 15 is 0 Å². The van der Waals surface area contributed by atoms with Gasteiger partial charge in [-0.25, -0.2) is 8.78 Å². The molecule has 112 valence electrons. The Balaban J connectivity index is 2.37. The van der Waals surface area contributed by atoms with Crippen LogP contribution in [-0.4, -0.2) is 11.3 Å². The van der Waals surface area contributed by atoms with E-state index in [0.29, 0.717) is 17.5 Å². The van der Waals surface area contributed by atoms with Gasteiger partial charge in [0.2, 0.25) is 0 Å². The maximum absolute atomic E-state index is 14.1. The molecule has 1 N–H and O–H groups in total. The topological polar surface area (TPSA) is 32.9 Å². The lowest BCUT2D eigenvalue weighted by Crippen LogP contribution is -1.90. The van der Waals surface area contributed by atoms with E-state index in [1.807, 2.05) is 32.0 Å². The summed E-state index contributed by atoms with van der Waals surface area (Å²) in [7, 11) is 0. The molecular weight excluding hydrogens is 284 g/mol. The second-order valence-corrected chi connectivity index (χ2v) is 5.58. The lowest BCUT2D eigenvalue weighted by Gasteiger charge is -2.06. The Hall–Kier alpha value is -2.49. The average Bonchev–Trinajstić information content (AvgIpc) is 2.87. The summed E-state index contributed by atoms with van der Waals surface area (Å²) in [6.45, 7) is 4.08. The van der Waals surface area contributed by atoms with Crippen LogP contribution in [0.3, 0.4) is 0 Å². The van der Waals surface area contributed by atoms with Crippen molar-refractivity contribution in [1.29, 1.82) is 0 Å². The predicted molar refractivity (Wildman–Crippen MR) is 83.1 cm³/mol. The standard InChI is InChI=1S/C18H15F2NO/c1-10(2)12-4-3-5-13-15(9-22)18(21-17(12)13)14-8-11(19)6-7-16(14)20/h3-10,21H,1-2H3. The predicted octanol–water partition coefficient (Wildman–Crippen LogP) is 5.05. The summed E-state index contributed by atoms with van der Waals surface area (Å²) < 4.78 is 27.5. The number of carbonyl (C=O) groups excluding carboxylic acids is 1. The van der Waals surface area contributed by atoms with Crippen molar-refractivity contribution in [3.8, 4) is 11.3 Å². The number of carbonyl (C=O) groups is 1. The van der Waals surface area contributed by atoms with Crippen LogP contribution in [0.2, 0.25) is 0 Å². The number of para-hydroxylation sites is 1. The fraction of sp³-hybridized carbons (Fsp3) is 0.167. The van der Waals surface area contributed by atoms with E-state index in [1.165, 1.54) is 0 Å². The number of benzene rings is 2. The molecule has 1 heterocycles. The lowest BCUT2D eigenvalue weighted by molar-refractivity contribution is 0.112. The highest BCUT2D eigenvalue weighted by Crippen LogP contribution is 2.34. The van der Waals surface area contributed by atoms with Crippen LogP contribution in [0.15, 0.2) is 36.4 Å². The molecular formula is C18H15F2NO. The van der Waals surface area contributed by atoms with Crippen molar-refractivity contribution in [2.75, 3.05) is 0 Å². The Morgan fingerprint density at radius 2 is 1.91 bits per heavy atom. The zero-order valence-corrected chi connectivity index (χ0v) is 12.3. The molecule has 0 bridgehead atoms. The summed E-state index contributed by atoms with van der Waals surface area (Å²) in [6.07, 6.45) is 0.683. The number of aldehydes is 1. The summed E-state index contributed by atoms with van der Waals surface area (Å²) in [5.74, 6) is -0.870. The van der Waals surface area contributed by atoms with Gasteiger partial charge in [-0.3, -0.25) is 4.79 Å². The summed E-state index contributed by atoms with van der Waals surface area (Å²) >= 11 is 0. The van der Waals surface area contributed by atoms with Crippen LogP contribution >= 0.6 is 0 Å². The van der Waals surface area contributed by atoms with Crippen molar-refractivity contribution in [3.05, 3.63) is 59.2 Å². The molecule has 2 nitrogen and oxygen atoms in total. The Labute approximate surface area is 126 Å². The fourth-order valence-electron chi connectivity index (χ4n) is 2.77. The van der Waals surface area contributed by atoms with Gasteiger partial charge in [0.05, 0.1) is 11.2 Å². The molecule has 1 aromatic heterocycles. The van der Waals surface area contributed by atoms with Gasteiger partial charge in [-0.2, -0.15) is 0 Å². The van der Waals surface area contributed by atoms with Crippen molar-refractivity contribution in [2.45, 2.75) is 19.8 Å². The van der Waals surface area contributed by atoms with Gasteiger partial charge in [0, 0.05) is 16.5 Å². The van der Waals surface area contributed by atoms with Crippen LogP contribution in [0, 0.1) is 11.6 Å². The smallest absolute Gasteiger partial charge is 0.152 e. The fourth-order valence-corrected chi connectivity index (χ4v) is 2.77. The van der Waals surface area contributed by atoms with Gasteiger partial charge >= 0.3 is 0 Å². The van der Waals surface area contributed by atoms with Crippen molar-refractivity contribution in [1.82, 2.24) is 4.98 Å². The zero-order chi connectivity index (χ0) is 15.9. The van der Waals surface area contributed by atoms with Crippen LogP contribution in [0.25, 0.3) is 22.2 Å². The van der Waals surface area contributed by atoms with Gasteiger partial charge < -0.3 is 4.98 Å². The van der Waals surface area contributed by atoms with E-state index in [2.05, 4.69) is 4.98 Å². The normalized spacial score (nSPS) is 11.3. The number of fused-ring (bicyclic) bond motifs is 1. The Morgan fingerprint density at radius 3 is 2.59 bits per heavy atom. The molecule has 0 radical (unpaired) electrons. The molecule has 0 saturated carbocycles. The highest BCUT2D eigenvalue weighted by molar-refractivity contribution is 6.05. The molecule has 0 spiro atoms. The van der Waals surface area contributed by atoms with E-state index in [4.69, 9.17) is 0 Å². The number of halogens is 2. The number of rotatable bonds is 3. The van der Waals surface area contributed by atoms with E-state index in [0.717, 1.165) is 34.7 Å². The largest absolute Gasteiger partial charge is 0.354 e. The molecule has 3 rings (SSSR count). The Kier molecular flexibility index (Phi) is 3.53. The van der Waals surface area contributed by atoms with Crippen LogP contribution in [-0.2, 0) is 0 Å². The third kappa shape index (κ3) is 2.21. The second-order valence-electron chi connectivity index (χ2n) is 5.58. The van der Waals surface area contributed by atoms with Crippen LogP contribution in [0.1, 0.15) is 35.7 Å². The summed E-state index contributed by atoms with van der Waals surface area (Å²) in [5.41, 5.74) is 2.55. The molecule has 0 amide bonds. The van der Waals surface area contributed by atoms with E-state index < -0.39 is 11.6 Å². The first-order valence-corrected chi connectivity index (χ1v) is 7.08. The maximum atomic E-state index is 14.1. The zero-order valence-electron chi connectivity index (χ0n) is 12.3. The number of nitrogens with one attached hydrogen (secondary N) is 1. The number of hydrogen-bond acceptors (Lipinski definition) is 1. The van der Waals surface area contributed by atoms with Crippen molar-refractivity contribution in [2.24, 2.45) is 0 Å². The summed E-state index contributed by atoms with van der Waals surface area (Å²) in [6, 6.07) is 8.86. The third-order valence-corrected chi connectivity index (χ3v) is 3.84. The number of aromatic nitrogens is 1. The first kappa shape index (κ1) is 14.4. The number of aromatic amines is 1. The van der Waals surface area contributed by atoms with Gasteiger partial charge in [-0.05, 0) is 29.7 Å². The second kappa shape index (κ2) is 5.37. The summed E-state index contributed by atoms with van der Waals surface area (Å²) in [4.78, 5) is 14.6. The number of hydrogen-bond donors (Lipinski definition) is 1. The van der Waals surface area contributed by atoms with E-state index in [-0.39, 0.29) is 11.5 Å². The minimum absolute atomic E-state index is 0.0630. The lowest BCUT2D eigenvalue weighted by atomic mass is 9.99. The van der Waals surface area contributed by atoms with Crippen molar-refractivity contribution >= 4 is 17.2 Å². The molecule has 4 heteroatoms. The monoisotopic (exact) mass is 299 g/mol. The highest BCUT2D eigenvalue weighted by Gasteiger charge is 2.18. The van der Waals surface area contributed by atoms with Crippen molar-refractivity contribution < 1.29 is 13.6 Å². The maximum Gasteiger partial charge on any atom is 0.152 e. The van der Waals surface area contributed by atoms with Crippen LogP contribution < -0.4 is 0 Å². The molecule has 0 aliphatic heterocycles. The molecule has 3 aromatic rings. The molecule has 0 atom stereocenters. The van der Waals surface area contributed by atoms with Crippen LogP contribution in [0.4, 0.5) is 8.78 Å². The van der Waals surface area contributed by atoms with E-state index in [1.54, 1.807) is 0 Å². The molecule has 0 fully saturated rings. The summed E-state index contributed by atoms with van der Waals surface area (Å²) in [5, 5.41) is 0.722. The van der Waals surface area contributed by atoms with Crippen molar-refractivity contribution in [3.63, 3.8) is 0 Å². The molecule has 2 aromatic carbocycles. The first-order valence-electron chi connectivity index (χ1n) is 7.08. The average molecular weight is 299 g/mol. The van der Waals surface area contributed by atoms with Gasteiger partial charge in [-0.15, -0.1) is 0 Å². The minimum Gasteiger partial charge on any atom is -0.354 e. The first-order chi connectivity index (χ1) is 10.5. The quantitative estimate of drug-likeness (QED) is 0.674. The molecule has 0 aliphatic rings. The van der Waals surface area contributed by atoms with Gasteiger partial charge in [-0.1, -0.05) is 32.0 Å². The van der Waals surface area contributed by atoms with Crippen LogP contribution in [0.5, 0.6) is 0 Å². The highest BCUT2D eigenvalue weighted by atomic mass is 19.1. The molecule has 22 heavy (non-hydrogen) atoms. The molecule has 0 saturated heterocycles. The van der Waals surface area contributed by atoms with E-state index in [9.17, 15) is 13.6 Å². The third-order valence-electron chi connectivity index (χ3n) is 3.84. The van der Waals surface area contributed by atoms with Gasteiger partial charge in [0.15, 0.2) is 6.29 Å². The molecule has 0 unspecified atom stereocenters. The Bertz CT molecular complexity index is 865. The SMILES string of the molecule is CC(C)c1cccc2c(C=O)c(-c3cc(F)ccc3F)[nH]c12. The number of H-pyrrole nitrogens is 1. The molecule has 0 aliphatic carbocycles. The van der Waals surface area contributed by atoms with Gasteiger partial charge in [0.1, 0.15) is 11.6 Å². The Morgan fingerprint density at radius 1 is 1.14 bits per heavy atom. The minimum atomic E-state index is -0.567.